The summed E-state index contributed by atoms with van der Waals surface area (Å²) in [5.74, 6) is 0. The Kier molecular flexibility index (Phi) is 4.51. The molecule has 114 valence electrons. The van der Waals surface area contributed by atoms with Gasteiger partial charge < -0.3 is 0 Å². The first-order valence-corrected chi connectivity index (χ1v) is 6.78. The van der Waals surface area contributed by atoms with Gasteiger partial charge in [-0.2, -0.15) is 0 Å². The van der Waals surface area contributed by atoms with E-state index in [1.807, 2.05) is 0 Å². The molecule has 9 nitrogen and oxygen atoms in total. The maximum atomic E-state index is 11.3. The molecule has 21 heavy (non-hydrogen) atoms. The monoisotopic (exact) mass is 409 g/mol. The lowest BCUT2D eigenvalue weighted by molar-refractivity contribution is -0.406. The van der Waals surface area contributed by atoms with E-state index >= 15 is 0 Å². The van der Waals surface area contributed by atoms with Crippen LogP contribution >= 0.6 is 22.6 Å². The van der Waals surface area contributed by atoms with Crippen molar-refractivity contribution < 1.29 is 14.8 Å². The number of nitro groups is 3. The van der Waals surface area contributed by atoms with Crippen LogP contribution in [0.2, 0.25) is 0 Å². The average Bonchev–Trinajstić information content (AvgIpc) is 2.24. The van der Waals surface area contributed by atoms with Crippen LogP contribution in [0.25, 0.3) is 0 Å². The highest BCUT2D eigenvalue weighted by molar-refractivity contribution is 14.1. The molecule has 0 atom stereocenters. The van der Waals surface area contributed by atoms with Gasteiger partial charge in [0.15, 0.2) is 3.57 Å². The second-order valence-corrected chi connectivity index (χ2v) is 6.46. The molecule has 0 unspecified atom stereocenters. The largest absolute Gasteiger partial charge is 0.300 e. The number of nitro benzene ring substituents is 3. The van der Waals surface area contributed by atoms with Crippen LogP contribution in [0.5, 0.6) is 0 Å². The molecule has 1 aromatic carbocycles. The zero-order valence-corrected chi connectivity index (χ0v) is 13.8. The van der Waals surface area contributed by atoms with Crippen LogP contribution < -0.4 is 0 Å². The third-order valence-electron chi connectivity index (χ3n) is 2.90. The Balaban J connectivity index is 4.17. The van der Waals surface area contributed by atoms with E-state index in [-0.39, 0.29) is 14.7 Å². The normalized spacial score (nSPS) is 11.3. The molecule has 0 aliphatic heterocycles. The first-order valence-electron chi connectivity index (χ1n) is 5.71. The standard InChI is InChI=1S/C11H12IN3O6/c1-5-8(13(16)17)6(11(2,3)4)10(15(20)21)7(12)9(5)14(18)19/h1-4H3. The Morgan fingerprint density at radius 2 is 1.24 bits per heavy atom. The molecule has 0 heterocycles. The molecule has 1 aromatic rings. The van der Waals surface area contributed by atoms with Gasteiger partial charge in [0.05, 0.1) is 14.8 Å². The van der Waals surface area contributed by atoms with Crippen molar-refractivity contribution in [3.05, 3.63) is 45.0 Å². The van der Waals surface area contributed by atoms with Crippen LogP contribution in [0.4, 0.5) is 17.1 Å². The van der Waals surface area contributed by atoms with Crippen LogP contribution in [0.15, 0.2) is 0 Å². The number of benzene rings is 1. The zero-order valence-electron chi connectivity index (χ0n) is 11.7. The summed E-state index contributed by atoms with van der Waals surface area (Å²) in [6, 6.07) is 0. The predicted molar refractivity (Wildman–Crippen MR) is 82.6 cm³/mol. The van der Waals surface area contributed by atoms with Gasteiger partial charge >= 0.3 is 0 Å². The number of nitrogens with zero attached hydrogens (tertiary/aromatic N) is 3. The molecule has 0 aromatic heterocycles. The number of hydrogen-bond donors (Lipinski definition) is 0. The highest BCUT2D eigenvalue weighted by Gasteiger charge is 2.43. The predicted octanol–water partition coefficient (Wildman–Crippen LogP) is 3.62. The van der Waals surface area contributed by atoms with E-state index in [4.69, 9.17) is 0 Å². The molecule has 0 aliphatic rings. The molecule has 1 rings (SSSR count). The van der Waals surface area contributed by atoms with Crippen LogP contribution in [0.3, 0.4) is 0 Å². The van der Waals surface area contributed by atoms with E-state index in [0.29, 0.717) is 0 Å². The van der Waals surface area contributed by atoms with Gasteiger partial charge in [0.1, 0.15) is 11.1 Å². The average molecular weight is 409 g/mol. The topological polar surface area (TPSA) is 129 Å². The molecule has 0 aliphatic carbocycles. The van der Waals surface area contributed by atoms with E-state index < -0.39 is 37.2 Å². The molecular formula is C11H12IN3O6. The van der Waals surface area contributed by atoms with Crippen LogP contribution in [0.1, 0.15) is 31.9 Å². The second kappa shape index (κ2) is 5.50. The Hall–Kier alpha value is -1.85. The van der Waals surface area contributed by atoms with Crippen molar-refractivity contribution >= 4 is 39.7 Å². The van der Waals surface area contributed by atoms with Crippen molar-refractivity contribution in [2.45, 2.75) is 33.1 Å². The molecule has 0 radical (unpaired) electrons. The number of halogens is 1. The van der Waals surface area contributed by atoms with Crippen molar-refractivity contribution in [2.75, 3.05) is 0 Å². The van der Waals surface area contributed by atoms with E-state index in [9.17, 15) is 30.3 Å². The fourth-order valence-corrected chi connectivity index (χ4v) is 3.19. The van der Waals surface area contributed by atoms with Crippen LogP contribution in [-0.4, -0.2) is 14.8 Å². The summed E-state index contributed by atoms with van der Waals surface area (Å²) in [5, 5.41) is 33.7. The van der Waals surface area contributed by atoms with Gasteiger partial charge in [-0.25, -0.2) is 0 Å². The smallest absolute Gasteiger partial charge is 0.258 e. The minimum absolute atomic E-state index is 0.106. The maximum Gasteiger partial charge on any atom is 0.300 e. The first-order chi connectivity index (χ1) is 9.41. The van der Waals surface area contributed by atoms with E-state index in [1.165, 1.54) is 29.5 Å². The molecule has 0 amide bonds. The van der Waals surface area contributed by atoms with Crippen molar-refractivity contribution in [3.8, 4) is 0 Å². The van der Waals surface area contributed by atoms with Gasteiger partial charge in [0.25, 0.3) is 17.1 Å². The molecule has 10 heteroatoms. The maximum absolute atomic E-state index is 11.3. The minimum atomic E-state index is -0.912. The van der Waals surface area contributed by atoms with Crippen molar-refractivity contribution in [1.82, 2.24) is 0 Å². The summed E-state index contributed by atoms with van der Waals surface area (Å²) in [6.45, 7) is 5.99. The van der Waals surface area contributed by atoms with Gasteiger partial charge in [-0.05, 0) is 29.5 Å². The fourth-order valence-electron chi connectivity index (χ4n) is 2.13. The quantitative estimate of drug-likeness (QED) is 0.426. The highest BCUT2D eigenvalue weighted by atomic mass is 127. The molecular weight excluding hydrogens is 397 g/mol. The van der Waals surface area contributed by atoms with Gasteiger partial charge in [-0.15, -0.1) is 0 Å². The van der Waals surface area contributed by atoms with Gasteiger partial charge in [-0.3, -0.25) is 30.3 Å². The summed E-state index contributed by atoms with van der Waals surface area (Å²) in [4.78, 5) is 31.3. The summed E-state index contributed by atoms with van der Waals surface area (Å²) in [6.07, 6.45) is 0. The molecule has 0 spiro atoms. The number of rotatable bonds is 3. The molecule has 0 saturated carbocycles. The Labute approximate surface area is 132 Å². The lowest BCUT2D eigenvalue weighted by Gasteiger charge is -2.20. The van der Waals surface area contributed by atoms with Crippen LogP contribution in [0, 0.1) is 40.8 Å². The highest BCUT2D eigenvalue weighted by Crippen LogP contribution is 2.47. The second-order valence-electron chi connectivity index (χ2n) is 5.38. The molecule has 0 fully saturated rings. The Morgan fingerprint density at radius 3 is 1.52 bits per heavy atom. The first kappa shape index (κ1) is 17.2. The Bertz CT molecular complexity index is 624. The van der Waals surface area contributed by atoms with E-state index in [0.717, 1.165) is 0 Å². The van der Waals surface area contributed by atoms with E-state index in [2.05, 4.69) is 0 Å². The Morgan fingerprint density at radius 1 is 0.857 bits per heavy atom. The van der Waals surface area contributed by atoms with Crippen molar-refractivity contribution in [1.29, 1.82) is 0 Å². The summed E-state index contributed by atoms with van der Waals surface area (Å²) in [7, 11) is 0. The zero-order chi connectivity index (χ0) is 16.7. The SMILES string of the molecule is Cc1c([N+](=O)[O-])c(I)c([N+](=O)[O-])c(C(C)(C)C)c1[N+](=O)[O-]. The molecule has 0 N–H and O–H groups in total. The molecule has 0 saturated heterocycles. The summed E-state index contributed by atoms with van der Waals surface area (Å²) < 4.78 is -0.198. The van der Waals surface area contributed by atoms with Crippen molar-refractivity contribution in [2.24, 2.45) is 0 Å². The van der Waals surface area contributed by atoms with Crippen LogP contribution in [-0.2, 0) is 5.41 Å². The third-order valence-corrected chi connectivity index (χ3v) is 3.92. The van der Waals surface area contributed by atoms with Crippen molar-refractivity contribution in [3.63, 3.8) is 0 Å². The number of hydrogen-bond acceptors (Lipinski definition) is 6. The van der Waals surface area contributed by atoms with E-state index in [1.54, 1.807) is 20.8 Å². The van der Waals surface area contributed by atoms with Gasteiger partial charge in [-0.1, -0.05) is 20.8 Å². The molecule has 0 bridgehead atoms. The summed E-state index contributed by atoms with van der Waals surface area (Å²) >= 11 is 1.50. The minimum Gasteiger partial charge on any atom is -0.258 e. The third kappa shape index (κ3) is 2.94. The lowest BCUT2D eigenvalue weighted by Crippen LogP contribution is -2.19. The van der Waals surface area contributed by atoms with Gasteiger partial charge in [0, 0.05) is 5.41 Å². The fraction of sp³-hybridized carbons (Fsp3) is 0.455. The lowest BCUT2D eigenvalue weighted by atomic mass is 9.83. The summed E-state index contributed by atoms with van der Waals surface area (Å²) in [5.41, 5.74) is -2.93. The van der Waals surface area contributed by atoms with Gasteiger partial charge in [0.2, 0.25) is 0 Å².